The molecule has 19 heavy (non-hydrogen) atoms. The van der Waals surface area contributed by atoms with Crippen molar-refractivity contribution < 1.29 is 4.79 Å². The van der Waals surface area contributed by atoms with Crippen LogP contribution < -0.4 is 5.32 Å². The van der Waals surface area contributed by atoms with Gasteiger partial charge >= 0.3 is 0 Å². The fourth-order valence-electron chi connectivity index (χ4n) is 3.02. The molecule has 2 aliphatic rings. The largest absolute Gasteiger partial charge is 0.335 e. The van der Waals surface area contributed by atoms with Gasteiger partial charge in [-0.3, -0.25) is 4.79 Å². The van der Waals surface area contributed by atoms with Gasteiger partial charge in [-0.05, 0) is 54.6 Å². The molecule has 1 saturated heterocycles. The fraction of sp³-hybridized carbons (Fsp3) is 0.667. The van der Waals surface area contributed by atoms with E-state index in [0.717, 1.165) is 32.5 Å². The summed E-state index contributed by atoms with van der Waals surface area (Å²) >= 11 is 1.71. The predicted octanol–water partition coefficient (Wildman–Crippen LogP) is 2.63. The minimum absolute atomic E-state index is 0.140. The molecule has 1 atom stereocenters. The van der Waals surface area contributed by atoms with Gasteiger partial charge in [0.25, 0.3) is 0 Å². The van der Waals surface area contributed by atoms with Crippen LogP contribution in [0.15, 0.2) is 16.8 Å². The molecule has 3 nitrogen and oxygen atoms in total. The summed E-state index contributed by atoms with van der Waals surface area (Å²) in [5, 5.41) is 7.63. The SMILES string of the molecule is CCC1(C(=O)N(Cc2ccsc2)C2CC2)CCNC1. The van der Waals surface area contributed by atoms with Crippen molar-refractivity contribution in [2.24, 2.45) is 5.41 Å². The molecule has 1 aliphatic carbocycles. The van der Waals surface area contributed by atoms with Crippen molar-refractivity contribution in [3.05, 3.63) is 22.4 Å². The van der Waals surface area contributed by atoms with Crippen molar-refractivity contribution in [3.8, 4) is 0 Å². The van der Waals surface area contributed by atoms with Gasteiger partial charge in [0.15, 0.2) is 0 Å². The normalized spacial score (nSPS) is 26.6. The number of amides is 1. The lowest BCUT2D eigenvalue weighted by molar-refractivity contribution is -0.142. The van der Waals surface area contributed by atoms with Gasteiger partial charge in [-0.1, -0.05) is 6.92 Å². The van der Waals surface area contributed by atoms with Crippen LogP contribution in [0.3, 0.4) is 0 Å². The van der Waals surface area contributed by atoms with Gasteiger partial charge in [0.05, 0.1) is 5.41 Å². The molecule has 2 heterocycles. The van der Waals surface area contributed by atoms with Crippen molar-refractivity contribution >= 4 is 17.2 Å². The molecule has 0 spiro atoms. The van der Waals surface area contributed by atoms with Crippen LogP contribution in [-0.4, -0.2) is 29.9 Å². The van der Waals surface area contributed by atoms with Crippen molar-refractivity contribution in [2.75, 3.05) is 13.1 Å². The molecule has 104 valence electrons. The summed E-state index contributed by atoms with van der Waals surface area (Å²) in [7, 11) is 0. The van der Waals surface area contributed by atoms with E-state index in [2.05, 4.69) is 34.0 Å². The molecule has 4 heteroatoms. The summed E-state index contributed by atoms with van der Waals surface area (Å²) in [5.74, 6) is 0.383. The number of carbonyl (C=O) groups excluding carboxylic acids is 1. The standard InChI is InChI=1S/C15H22N2OS/c1-2-15(6-7-16-11-15)14(18)17(13-3-4-13)9-12-5-8-19-10-12/h5,8,10,13,16H,2-4,6-7,9,11H2,1H3. The van der Waals surface area contributed by atoms with Crippen LogP contribution in [0.25, 0.3) is 0 Å². The van der Waals surface area contributed by atoms with E-state index in [1.54, 1.807) is 11.3 Å². The van der Waals surface area contributed by atoms with Crippen LogP contribution in [0.2, 0.25) is 0 Å². The van der Waals surface area contributed by atoms with Crippen molar-refractivity contribution in [1.29, 1.82) is 0 Å². The Morgan fingerprint density at radius 2 is 2.42 bits per heavy atom. The Kier molecular flexibility index (Phi) is 3.63. The topological polar surface area (TPSA) is 32.3 Å². The summed E-state index contributed by atoms with van der Waals surface area (Å²) in [4.78, 5) is 15.1. The number of hydrogen-bond acceptors (Lipinski definition) is 3. The number of rotatable bonds is 5. The molecule has 0 radical (unpaired) electrons. The Balaban J connectivity index is 1.77. The summed E-state index contributed by atoms with van der Waals surface area (Å²) in [5.41, 5.74) is 1.14. The first-order valence-electron chi connectivity index (χ1n) is 7.28. The van der Waals surface area contributed by atoms with Crippen LogP contribution in [0.1, 0.15) is 38.2 Å². The highest BCUT2D eigenvalue weighted by Crippen LogP contribution is 2.37. The second-order valence-corrected chi connectivity index (χ2v) is 6.64. The second-order valence-electron chi connectivity index (χ2n) is 5.86. The summed E-state index contributed by atoms with van der Waals surface area (Å²) in [6.45, 7) is 4.79. The monoisotopic (exact) mass is 278 g/mol. The summed E-state index contributed by atoms with van der Waals surface area (Å²) < 4.78 is 0. The minimum atomic E-state index is -0.140. The molecule has 1 N–H and O–H groups in total. The molecule has 2 fully saturated rings. The van der Waals surface area contributed by atoms with Gasteiger partial charge < -0.3 is 10.2 Å². The van der Waals surface area contributed by atoms with Crippen molar-refractivity contribution in [2.45, 2.75) is 45.2 Å². The first kappa shape index (κ1) is 13.1. The zero-order valence-corrected chi connectivity index (χ0v) is 12.3. The van der Waals surface area contributed by atoms with Crippen molar-refractivity contribution in [1.82, 2.24) is 10.2 Å². The maximum absolute atomic E-state index is 13.0. The van der Waals surface area contributed by atoms with E-state index in [-0.39, 0.29) is 5.41 Å². The average Bonchev–Trinajstić information content (AvgIpc) is 2.96. The van der Waals surface area contributed by atoms with Gasteiger partial charge in [-0.2, -0.15) is 11.3 Å². The first-order chi connectivity index (χ1) is 9.25. The molecular weight excluding hydrogens is 256 g/mol. The number of thiophene rings is 1. The van der Waals surface area contributed by atoms with Gasteiger partial charge in [0, 0.05) is 19.1 Å². The average molecular weight is 278 g/mol. The van der Waals surface area contributed by atoms with Gasteiger partial charge in [0.2, 0.25) is 5.91 Å². The van der Waals surface area contributed by atoms with Crippen LogP contribution in [0.4, 0.5) is 0 Å². The van der Waals surface area contributed by atoms with E-state index in [1.165, 1.54) is 18.4 Å². The third-order valence-electron chi connectivity index (χ3n) is 4.56. The Labute approximate surface area is 119 Å². The number of nitrogens with one attached hydrogen (secondary N) is 1. The Bertz CT molecular complexity index is 433. The molecule has 1 aromatic rings. The molecule has 1 aliphatic heterocycles. The highest BCUT2D eigenvalue weighted by Gasteiger charge is 2.45. The van der Waals surface area contributed by atoms with E-state index in [1.807, 2.05) is 0 Å². The second kappa shape index (κ2) is 5.25. The van der Waals surface area contributed by atoms with Crippen LogP contribution in [0.5, 0.6) is 0 Å². The maximum atomic E-state index is 13.0. The predicted molar refractivity (Wildman–Crippen MR) is 78.1 cm³/mol. The van der Waals surface area contributed by atoms with Gasteiger partial charge in [-0.15, -0.1) is 0 Å². The summed E-state index contributed by atoms with van der Waals surface area (Å²) in [6, 6.07) is 2.63. The molecule has 1 unspecified atom stereocenters. The first-order valence-corrected chi connectivity index (χ1v) is 8.22. The molecule has 3 rings (SSSR count). The quantitative estimate of drug-likeness (QED) is 0.898. The Morgan fingerprint density at radius 3 is 2.95 bits per heavy atom. The third-order valence-corrected chi connectivity index (χ3v) is 5.29. The Morgan fingerprint density at radius 1 is 1.58 bits per heavy atom. The molecule has 1 amide bonds. The zero-order valence-electron chi connectivity index (χ0n) is 11.5. The van der Waals surface area contributed by atoms with Crippen molar-refractivity contribution in [3.63, 3.8) is 0 Å². The van der Waals surface area contributed by atoms with Crippen LogP contribution in [-0.2, 0) is 11.3 Å². The lowest BCUT2D eigenvalue weighted by atomic mass is 9.82. The third kappa shape index (κ3) is 2.56. The number of carbonyl (C=O) groups is 1. The van der Waals surface area contributed by atoms with E-state index in [4.69, 9.17) is 0 Å². The Hall–Kier alpha value is -0.870. The highest BCUT2D eigenvalue weighted by atomic mass is 32.1. The maximum Gasteiger partial charge on any atom is 0.230 e. The lowest BCUT2D eigenvalue weighted by Gasteiger charge is -2.33. The smallest absolute Gasteiger partial charge is 0.230 e. The van der Waals surface area contributed by atoms with Gasteiger partial charge in [-0.25, -0.2) is 0 Å². The molecule has 1 aromatic heterocycles. The van der Waals surface area contributed by atoms with E-state index in [9.17, 15) is 4.79 Å². The zero-order chi connectivity index (χ0) is 13.3. The molecule has 1 saturated carbocycles. The van der Waals surface area contributed by atoms with Crippen LogP contribution >= 0.6 is 11.3 Å². The fourth-order valence-corrected chi connectivity index (χ4v) is 3.68. The number of nitrogens with zero attached hydrogens (tertiary/aromatic N) is 1. The van der Waals surface area contributed by atoms with Crippen LogP contribution in [0, 0.1) is 5.41 Å². The molecule has 0 bridgehead atoms. The summed E-state index contributed by atoms with van der Waals surface area (Å²) in [6.07, 6.45) is 4.31. The van der Waals surface area contributed by atoms with E-state index in [0.29, 0.717) is 11.9 Å². The minimum Gasteiger partial charge on any atom is -0.335 e. The van der Waals surface area contributed by atoms with Gasteiger partial charge in [0.1, 0.15) is 0 Å². The van der Waals surface area contributed by atoms with E-state index >= 15 is 0 Å². The highest BCUT2D eigenvalue weighted by molar-refractivity contribution is 7.07. The number of hydrogen-bond donors (Lipinski definition) is 1. The molecule has 0 aromatic carbocycles. The molecular formula is C15H22N2OS. The van der Waals surface area contributed by atoms with E-state index < -0.39 is 0 Å². The lowest BCUT2D eigenvalue weighted by Crippen LogP contribution is -2.45.